The molecule has 0 saturated heterocycles. The zero-order chi connectivity index (χ0) is 15.4. The normalized spacial score (nSPS) is 21.7. The van der Waals surface area contributed by atoms with Gasteiger partial charge < -0.3 is 15.2 Å². The third-order valence-corrected chi connectivity index (χ3v) is 3.63. The molecule has 0 bridgehead atoms. The highest BCUT2D eigenvalue weighted by Crippen LogP contribution is 2.32. The molecule has 0 aliphatic heterocycles. The van der Waals surface area contributed by atoms with E-state index < -0.39 is 11.0 Å². The van der Waals surface area contributed by atoms with Crippen molar-refractivity contribution in [1.29, 1.82) is 0 Å². The van der Waals surface area contributed by atoms with Crippen LogP contribution in [0.3, 0.4) is 0 Å². The molecule has 0 radical (unpaired) electrons. The van der Waals surface area contributed by atoms with Crippen LogP contribution in [0.5, 0.6) is 5.75 Å². The minimum atomic E-state index is -0.540. The number of aliphatic hydroxyl groups is 1. The Kier molecular flexibility index (Phi) is 5.14. The van der Waals surface area contributed by atoms with Gasteiger partial charge in [-0.15, -0.1) is 0 Å². The fraction of sp³-hybridized carbons (Fsp3) is 0.600. The van der Waals surface area contributed by atoms with Crippen molar-refractivity contribution in [1.82, 2.24) is 5.32 Å². The molecule has 21 heavy (non-hydrogen) atoms. The Labute approximate surface area is 124 Å². The third kappa shape index (κ3) is 4.15. The standard InChI is InChI=1S/C15H22N2O4/c1-10(2)16-9-11-6-7-12(17(19)20)15(8-11)21-14-5-3-4-13(14)18/h6-8,10,13-14,16,18H,3-5,9H2,1-2H3. The number of rotatable bonds is 6. The first kappa shape index (κ1) is 15.7. The van der Waals surface area contributed by atoms with Crippen molar-refractivity contribution in [2.75, 3.05) is 0 Å². The van der Waals surface area contributed by atoms with E-state index >= 15 is 0 Å². The fourth-order valence-corrected chi connectivity index (χ4v) is 2.44. The first-order valence-electron chi connectivity index (χ1n) is 7.33. The molecule has 1 aliphatic rings. The van der Waals surface area contributed by atoms with Crippen LogP contribution >= 0.6 is 0 Å². The minimum absolute atomic E-state index is 0.0533. The van der Waals surface area contributed by atoms with Crippen molar-refractivity contribution < 1.29 is 14.8 Å². The van der Waals surface area contributed by atoms with Crippen LogP contribution in [0, 0.1) is 10.1 Å². The van der Waals surface area contributed by atoms with Crippen LogP contribution < -0.4 is 10.1 Å². The number of nitrogens with zero attached hydrogens (tertiary/aromatic N) is 1. The van der Waals surface area contributed by atoms with Gasteiger partial charge in [0.2, 0.25) is 0 Å². The molecule has 0 heterocycles. The quantitative estimate of drug-likeness (QED) is 0.621. The average molecular weight is 294 g/mol. The minimum Gasteiger partial charge on any atom is -0.481 e. The van der Waals surface area contributed by atoms with Crippen molar-refractivity contribution in [2.45, 2.75) is 57.9 Å². The third-order valence-electron chi connectivity index (χ3n) is 3.63. The summed E-state index contributed by atoms with van der Waals surface area (Å²) in [7, 11) is 0. The number of nitrogens with one attached hydrogen (secondary N) is 1. The summed E-state index contributed by atoms with van der Waals surface area (Å²) in [6.45, 7) is 4.70. The number of aliphatic hydroxyl groups excluding tert-OH is 1. The average Bonchev–Trinajstić information content (AvgIpc) is 2.82. The number of ether oxygens (including phenoxy) is 1. The van der Waals surface area contributed by atoms with Crippen LogP contribution in [0.4, 0.5) is 5.69 Å². The van der Waals surface area contributed by atoms with Gasteiger partial charge in [0, 0.05) is 18.7 Å². The predicted molar refractivity (Wildman–Crippen MR) is 79.3 cm³/mol. The van der Waals surface area contributed by atoms with Crippen LogP contribution in [-0.4, -0.2) is 28.3 Å². The van der Waals surface area contributed by atoms with Crippen LogP contribution in [-0.2, 0) is 6.54 Å². The molecule has 0 spiro atoms. The topological polar surface area (TPSA) is 84.6 Å². The summed E-state index contributed by atoms with van der Waals surface area (Å²) in [4.78, 5) is 10.7. The molecule has 6 nitrogen and oxygen atoms in total. The number of hydrogen-bond acceptors (Lipinski definition) is 5. The first-order valence-corrected chi connectivity index (χ1v) is 7.33. The molecule has 1 aromatic rings. The second-order valence-corrected chi connectivity index (χ2v) is 5.75. The molecule has 6 heteroatoms. The molecule has 116 valence electrons. The molecule has 1 saturated carbocycles. The van der Waals surface area contributed by atoms with Gasteiger partial charge in [-0.1, -0.05) is 19.9 Å². The summed E-state index contributed by atoms with van der Waals surface area (Å²) >= 11 is 0. The van der Waals surface area contributed by atoms with Gasteiger partial charge in [0.1, 0.15) is 6.10 Å². The lowest BCUT2D eigenvalue weighted by Gasteiger charge is -2.18. The highest BCUT2D eigenvalue weighted by Gasteiger charge is 2.29. The van der Waals surface area contributed by atoms with Crippen molar-refractivity contribution in [3.63, 3.8) is 0 Å². The molecule has 2 atom stereocenters. The second-order valence-electron chi connectivity index (χ2n) is 5.75. The maximum atomic E-state index is 11.1. The Bertz CT molecular complexity index is 504. The Morgan fingerprint density at radius 2 is 2.24 bits per heavy atom. The van der Waals surface area contributed by atoms with Gasteiger partial charge in [0.15, 0.2) is 5.75 Å². The van der Waals surface area contributed by atoms with Crippen molar-refractivity contribution in [2.24, 2.45) is 0 Å². The summed E-state index contributed by atoms with van der Waals surface area (Å²) in [6.07, 6.45) is 1.41. The fourth-order valence-electron chi connectivity index (χ4n) is 2.44. The molecule has 2 N–H and O–H groups in total. The summed E-state index contributed by atoms with van der Waals surface area (Å²) in [5, 5.41) is 24.2. The number of nitro benzene ring substituents is 1. The van der Waals surface area contributed by atoms with Crippen LogP contribution in [0.1, 0.15) is 38.7 Å². The van der Waals surface area contributed by atoms with Gasteiger partial charge in [-0.05, 0) is 30.9 Å². The van der Waals surface area contributed by atoms with Gasteiger partial charge in [-0.25, -0.2) is 0 Å². The summed E-state index contributed by atoms with van der Waals surface area (Å²) < 4.78 is 5.71. The van der Waals surface area contributed by atoms with Crippen LogP contribution in [0.25, 0.3) is 0 Å². The Morgan fingerprint density at radius 3 is 2.81 bits per heavy atom. The van der Waals surface area contributed by atoms with E-state index in [0.29, 0.717) is 19.0 Å². The Morgan fingerprint density at radius 1 is 1.48 bits per heavy atom. The number of nitro groups is 1. The lowest BCUT2D eigenvalue weighted by atomic mass is 10.1. The van der Waals surface area contributed by atoms with Crippen molar-refractivity contribution in [3.05, 3.63) is 33.9 Å². The zero-order valence-corrected chi connectivity index (χ0v) is 12.4. The van der Waals surface area contributed by atoms with E-state index in [4.69, 9.17) is 4.74 Å². The van der Waals surface area contributed by atoms with E-state index in [1.54, 1.807) is 12.1 Å². The van der Waals surface area contributed by atoms with E-state index in [0.717, 1.165) is 18.4 Å². The summed E-state index contributed by atoms with van der Waals surface area (Å²) in [5.74, 6) is 0.244. The lowest BCUT2D eigenvalue weighted by molar-refractivity contribution is -0.386. The predicted octanol–water partition coefficient (Wildman–Crippen LogP) is 2.39. The van der Waals surface area contributed by atoms with E-state index in [1.165, 1.54) is 6.07 Å². The van der Waals surface area contributed by atoms with E-state index in [2.05, 4.69) is 5.32 Å². The zero-order valence-electron chi connectivity index (χ0n) is 12.4. The van der Waals surface area contributed by atoms with Gasteiger partial charge in [0.25, 0.3) is 0 Å². The molecule has 0 amide bonds. The lowest BCUT2D eigenvalue weighted by Crippen LogP contribution is -2.26. The smallest absolute Gasteiger partial charge is 0.310 e. The van der Waals surface area contributed by atoms with Gasteiger partial charge >= 0.3 is 5.69 Å². The Hall–Kier alpha value is -1.66. The summed E-state index contributed by atoms with van der Waals surface area (Å²) in [6, 6.07) is 5.22. The molecular formula is C15H22N2O4. The Balaban J connectivity index is 2.18. The van der Waals surface area contributed by atoms with Crippen molar-refractivity contribution in [3.8, 4) is 5.75 Å². The summed E-state index contributed by atoms with van der Waals surface area (Å²) in [5.41, 5.74) is 0.874. The van der Waals surface area contributed by atoms with Gasteiger partial charge in [0.05, 0.1) is 11.0 Å². The highest BCUT2D eigenvalue weighted by molar-refractivity contribution is 5.48. The molecule has 1 aromatic carbocycles. The maximum Gasteiger partial charge on any atom is 0.310 e. The molecule has 1 fully saturated rings. The largest absolute Gasteiger partial charge is 0.481 e. The molecule has 1 aliphatic carbocycles. The van der Waals surface area contributed by atoms with E-state index in [9.17, 15) is 15.2 Å². The van der Waals surface area contributed by atoms with Gasteiger partial charge in [-0.3, -0.25) is 10.1 Å². The number of benzene rings is 1. The molecule has 2 unspecified atom stereocenters. The van der Waals surface area contributed by atoms with Gasteiger partial charge in [-0.2, -0.15) is 0 Å². The van der Waals surface area contributed by atoms with E-state index in [-0.39, 0.29) is 17.5 Å². The maximum absolute atomic E-state index is 11.1. The first-order chi connectivity index (χ1) is 9.97. The monoisotopic (exact) mass is 294 g/mol. The SMILES string of the molecule is CC(C)NCc1ccc([N+](=O)[O-])c(OC2CCCC2O)c1. The molecular weight excluding hydrogens is 272 g/mol. The second kappa shape index (κ2) is 6.87. The molecule has 2 rings (SSSR count). The number of hydrogen-bond donors (Lipinski definition) is 2. The highest BCUT2D eigenvalue weighted by atomic mass is 16.6. The van der Waals surface area contributed by atoms with Crippen molar-refractivity contribution >= 4 is 5.69 Å². The van der Waals surface area contributed by atoms with E-state index in [1.807, 2.05) is 13.8 Å². The molecule has 0 aromatic heterocycles. The van der Waals surface area contributed by atoms with Crippen LogP contribution in [0.2, 0.25) is 0 Å². The van der Waals surface area contributed by atoms with Crippen LogP contribution in [0.15, 0.2) is 18.2 Å².